The highest BCUT2D eigenvalue weighted by molar-refractivity contribution is 9.10. The lowest BCUT2D eigenvalue weighted by Crippen LogP contribution is -2.45. The van der Waals surface area contributed by atoms with Crippen LogP contribution < -0.4 is 4.90 Å². The first-order valence-electron chi connectivity index (χ1n) is 8.29. The number of ether oxygens (including phenoxy) is 1. The standard InChI is InChI=1S/C19H21BrF2N2O/c1-10-5-14(6-11(2)23-10)17-15(21)7-16(19(22)18(17)20)24-8-12(3)25-13(4)9-24/h5-7,12-13H,8-9H2,1-4H3/t12-,13+. The van der Waals surface area contributed by atoms with Gasteiger partial charge in [0, 0.05) is 36.1 Å². The predicted molar refractivity (Wildman–Crippen MR) is 99.0 cm³/mol. The first-order chi connectivity index (χ1) is 11.8. The molecule has 1 saturated heterocycles. The predicted octanol–water partition coefficient (Wildman–Crippen LogP) is 5.02. The molecule has 0 radical (unpaired) electrons. The molecule has 0 spiro atoms. The second kappa shape index (κ2) is 7.00. The Balaban J connectivity index is 2.08. The van der Waals surface area contributed by atoms with Gasteiger partial charge in [-0.1, -0.05) is 0 Å². The van der Waals surface area contributed by atoms with Crippen LogP contribution in [0.3, 0.4) is 0 Å². The molecule has 0 unspecified atom stereocenters. The highest BCUT2D eigenvalue weighted by atomic mass is 79.9. The van der Waals surface area contributed by atoms with Gasteiger partial charge in [0.05, 0.1) is 22.4 Å². The molecule has 0 saturated carbocycles. The van der Waals surface area contributed by atoms with Gasteiger partial charge in [0.2, 0.25) is 0 Å². The third-order valence-corrected chi connectivity index (χ3v) is 5.01. The van der Waals surface area contributed by atoms with Crippen LogP contribution in [-0.2, 0) is 4.74 Å². The van der Waals surface area contributed by atoms with E-state index in [0.29, 0.717) is 18.7 Å². The summed E-state index contributed by atoms with van der Waals surface area (Å²) in [4.78, 5) is 6.14. The average molecular weight is 411 g/mol. The fourth-order valence-corrected chi connectivity index (χ4v) is 4.05. The van der Waals surface area contributed by atoms with Crippen molar-refractivity contribution in [1.82, 2.24) is 4.98 Å². The zero-order valence-corrected chi connectivity index (χ0v) is 16.3. The van der Waals surface area contributed by atoms with Crippen molar-refractivity contribution in [3.63, 3.8) is 0 Å². The summed E-state index contributed by atoms with van der Waals surface area (Å²) in [6.45, 7) is 8.60. The van der Waals surface area contributed by atoms with Crippen LogP contribution in [0.5, 0.6) is 0 Å². The summed E-state index contributed by atoms with van der Waals surface area (Å²) in [5.74, 6) is -0.912. The van der Waals surface area contributed by atoms with Gasteiger partial charge in [0.1, 0.15) is 5.82 Å². The topological polar surface area (TPSA) is 25.4 Å². The number of halogens is 3. The van der Waals surface area contributed by atoms with Crippen LogP contribution in [0.4, 0.5) is 14.5 Å². The molecule has 0 N–H and O–H groups in total. The number of aromatic nitrogens is 1. The molecule has 134 valence electrons. The molecule has 1 aromatic carbocycles. The largest absolute Gasteiger partial charge is 0.372 e. The van der Waals surface area contributed by atoms with E-state index in [4.69, 9.17) is 4.74 Å². The summed E-state index contributed by atoms with van der Waals surface area (Å²) in [6, 6.07) is 4.80. The molecule has 1 aromatic heterocycles. The van der Waals surface area contributed by atoms with Gasteiger partial charge >= 0.3 is 0 Å². The fourth-order valence-electron chi connectivity index (χ4n) is 3.43. The quantitative estimate of drug-likeness (QED) is 0.649. The van der Waals surface area contributed by atoms with E-state index in [2.05, 4.69) is 20.9 Å². The van der Waals surface area contributed by atoms with Crippen molar-refractivity contribution < 1.29 is 13.5 Å². The van der Waals surface area contributed by atoms with E-state index in [-0.39, 0.29) is 27.9 Å². The maximum Gasteiger partial charge on any atom is 0.161 e. The molecule has 0 aliphatic carbocycles. The van der Waals surface area contributed by atoms with Crippen molar-refractivity contribution in [2.75, 3.05) is 18.0 Å². The normalized spacial score (nSPS) is 20.8. The zero-order chi connectivity index (χ0) is 18.3. The monoisotopic (exact) mass is 410 g/mol. The molecule has 1 aliphatic rings. The number of nitrogens with zero attached hydrogens (tertiary/aromatic N) is 2. The lowest BCUT2D eigenvalue weighted by molar-refractivity contribution is -0.00541. The van der Waals surface area contributed by atoms with Gasteiger partial charge in [-0.3, -0.25) is 4.98 Å². The minimum Gasteiger partial charge on any atom is -0.372 e. The number of hydrogen-bond acceptors (Lipinski definition) is 3. The minimum atomic E-state index is -0.458. The van der Waals surface area contributed by atoms with Crippen molar-refractivity contribution in [1.29, 1.82) is 0 Å². The molecule has 2 heterocycles. The second-order valence-electron chi connectivity index (χ2n) is 6.68. The van der Waals surface area contributed by atoms with E-state index in [0.717, 1.165) is 11.4 Å². The summed E-state index contributed by atoms with van der Waals surface area (Å²) in [5.41, 5.74) is 2.63. The maximum atomic E-state index is 15.1. The molecule has 0 amide bonds. The number of aryl methyl sites for hydroxylation is 2. The summed E-state index contributed by atoms with van der Waals surface area (Å²) >= 11 is 3.27. The molecule has 3 nitrogen and oxygen atoms in total. The molecule has 25 heavy (non-hydrogen) atoms. The fraction of sp³-hybridized carbons (Fsp3) is 0.421. The molecular weight excluding hydrogens is 390 g/mol. The van der Waals surface area contributed by atoms with E-state index in [1.54, 1.807) is 12.1 Å². The van der Waals surface area contributed by atoms with E-state index in [1.807, 2.05) is 32.6 Å². The van der Waals surface area contributed by atoms with Crippen LogP contribution in [0, 0.1) is 25.5 Å². The Morgan fingerprint density at radius 3 is 2.20 bits per heavy atom. The summed E-state index contributed by atoms with van der Waals surface area (Å²) in [5, 5.41) is 0. The van der Waals surface area contributed by atoms with E-state index >= 15 is 4.39 Å². The zero-order valence-electron chi connectivity index (χ0n) is 14.7. The van der Waals surface area contributed by atoms with E-state index in [9.17, 15) is 4.39 Å². The number of hydrogen-bond donors (Lipinski definition) is 0. The van der Waals surface area contributed by atoms with Crippen molar-refractivity contribution in [3.8, 4) is 11.1 Å². The lowest BCUT2D eigenvalue weighted by atomic mass is 10.0. The Morgan fingerprint density at radius 2 is 1.64 bits per heavy atom. The Hall–Kier alpha value is -1.53. The number of rotatable bonds is 2. The molecule has 0 bridgehead atoms. The third kappa shape index (κ3) is 3.70. The first-order valence-corrected chi connectivity index (χ1v) is 9.09. The van der Waals surface area contributed by atoms with Gasteiger partial charge < -0.3 is 9.64 Å². The lowest BCUT2D eigenvalue weighted by Gasteiger charge is -2.37. The molecule has 2 aromatic rings. The van der Waals surface area contributed by atoms with Crippen LogP contribution in [0.1, 0.15) is 25.2 Å². The number of anilines is 1. The molecule has 3 rings (SSSR count). The van der Waals surface area contributed by atoms with Gasteiger partial charge in [0.25, 0.3) is 0 Å². The van der Waals surface area contributed by atoms with Crippen molar-refractivity contribution >= 4 is 21.6 Å². The molecule has 2 atom stereocenters. The van der Waals surface area contributed by atoms with Crippen molar-refractivity contribution in [2.24, 2.45) is 0 Å². The first kappa shape index (κ1) is 18.3. The molecule has 1 fully saturated rings. The Kier molecular flexibility index (Phi) is 5.11. The minimum absolute atomic E-state index is 0.0323. The van der Waals surface area contributed by atoms with Gasteiger partial charge in [-0.05, 0) is 61.3 Å². The highest BCUT2D eigenvalue weighted by Crippen LogP contribution is 2.39. The maximum absolute atomic E-state index is 15.1. The highest BCUT2D eigenvalue weighted by Gasteiger charge is 2.27. The summed E-state index contributed by atoms with van der Waals surface area (Å²) in [6.07, 6.45) is -0.0645. The SMILES string of the molecule is Cc1cc(-c2c(F)cc(N3C[C@@H](C)O[C@@H](C)C3)c(F)c2Br)cc(C)n1. The molecule has 1 aliphatic heterocycles. The second-order valence-corrected chi connectivity index (χ2v) is 7.47. The molecule has 6 heteroatoms. The van der Waals surface area contributed by atoms with Gasteiger partial charge in [-0.25, -0.2) is 8.78 Å². The summed E-state index contributed by atoms with van der Waals surface area (Å²) in [7, 11) is 0. The summed E-state index contributed by atoms with van der Waals surface area (Å²) < 4.78 is 35.8. The third-order valence-electron chi connectivity index (χ3n) is 4.27. The number of morpholine rings is 1. The Labute approximate surface area is 155 Å². The smallest absolute Gasteiger partial charge is 0.161 e. The van der Waals surface area contributed by atoms with Crippen LogP contribution in [0.2, 0.25) is 0 Å². The van der Waals surface area contributed by atoms with Gasteiger partial charge in [0.15, 0.2) is 5.82 Å². The Bertz CT molecular complexity index is 782. The average Bonchev–Trinajstić information content (AvgIpc) is 2.49. The van der Waals surface area contributed by atoms with Crippen LogP contribution >= 0.6 is 15.9 Å². The molecular formula is C19H21BrF2N2O. The number of pyridine rings is 1. The van der Waals surface area contributed by atoms with Crippen LogP contribution in [0.25, 0.3) is 11.1 Å². The Morgan fingerprint density at radius 1 is 1.08 bits per heavy atom. The van der Waals surface area contributed by atoms with Crippen molar-refractivity contribution in [3.05, 3.63) is 45.7 Å². The van der Waals surface area contributed by atoms with Gasteiger partial charge in [-0.15, -0.1) is 0 Å². The van der Waals surface area contributed by atoms with Crippen LogP contribution in [-0.4, -0.2) is 30.3 Å². The van der Waals surface area contributed by atoms with Gasteiger partial charge in [-0.2, -0.15) is 0 Å². The van der Waals surface area contributed by atoms with E-state index in [1.165, 1.54) is 6.07 Å². The van der Waals surface area contributed by atoms with E-state index < -0.39 is 11.6 Å². The van der Waals surface area contributed by atoms with Crippen molar-refractivity contribution in [2.45, 2.75) is 39.9 Å². The van der Waals surface area contributed by atoms with Crippen LogP contribution in [0.15, 0.2) is 22.7 Å². The number of benzene rings is 1.